The van der Waals surface area contributed by atoms with Crippen LogP contribution in [0.25, 0.3) is 0 Å². The minimum atomic E-state index is -0.0141. The molecule has 26 heavy (non-hydrogen) atoms. The van der Waals surface area contributed by atoms with Gasteiger partial charge in [-0.25, -0.2) is 4.68 Å². The summed E-state index contributed by atoms with van der Waals surface area (Å²) in [4.78, 5) is 14.9. The molecule has 1 aromatic heterocycles. The molecule has 0 aliphatic carbocycles. The zero-order chi connectivity index (χ0) is 17.9. The molecule has 0 saturated carbocycles. The smallest absolute Gasteiger partial charge is 0.276 e. The predicted octanol–water partition coefficient (Wildman–Crippen LogP) is 2.70. The summed E-state index contributed by atoms with van der Waals surface area (Å²) in [5.41, 5.74) is 1.55. The third kappa shape index (κ3) is 3.62. The third-order valence-corrected chi connectivity index (χ3v) is 5.83. The van der Waals surface area contributed by atoms with Crippen LogP contribution in [-0.4, -0.2) is 51.5 Å². The van der Waals surface area contributed by atoms with Crippen LogP contribution in [0.2, 0.25) is 5.02 Å². The second-order valence-electron chi connectivity index (χ2n) is 7.16. The van der Waals surface area contributed by atoms with Gasteiger partial charge in [0.05, 0.1) is 12.2 Å². The van der Waals surface area contributed by atoms with Crippen molar-refractivity contribution in [3.63, 3.8) is 0 Å². The van der Waals surface area contributed by atoms with Gasteiger partial charge in [0.15, 0.2) is 5.69 Å². The van der Waals surface area contributed by atoms with E-state index in [0.717, 1.165) is 62.3 Å². The van der Waals surface area contributed by atoms with Crippen molar-refractivity contribution >= 4 is 17.5 Å². The van der Waals surface area contributed by atoms with Gasteiger partial charge in [-0.05, 0) is 56.8 Å². The number of carbonyl (C=O) groups excluding carboxylic acids is 1. The zero-order valence-electron chi connectivity index (χ0n) is 14.8. The van der Waals surface area contributed by atoms with Gasteiger partial charge < -0.3 is 10.2 Å². The maximum absolute atomic E-state index is 13.0. The minimum absolute atomic E-state index is 0.0141. The first kappa shape index (κ1) is 17.5. The molecule has 3 heterocycles. The molecule has 0 unspecified atom stereocenters. The van der Waals surface area contributed by atoms with Gasteiger partial charge in [-0.15, -0.1) is 5.10 Å². The zero-order valence-corrected chi connectivity index (χ0v) is 15.5. The number of nitrogens with one attached hydrogen (secondary N) is 1. The van der Waals surface area contributed by atoms with Crippen LogP contribution in [0.5, 0.6) is 0 Å². The number of benzene rings is 1. The van der Waals surface area contributed by atoms with E-state index in [2.05, 4.69) is 15.6 Å². The number of nitrogens with zero attached hydrogens (tertiary/aromatic N) is 4. The first-order valence-electron chi connectivity index (χ1n) is 9.39. The van der Waals surface area contributed by atoms with E-state index in [1.165, 1.54) is 0 Å². The molecular weight excluding hydrogens is 350 g/mol. The first-order valence-corrected chi connectivity index (χ1v) is 9.77. The fraction of sp³-hybridized carbons (Fsp3) is 0.526. The summed E-state index contributed by atoms with van der Waals surface area (Å²) in [7, 11) is 0. The van der Waals surface area contributed by atoms with Gasteiger partial charge in [-0.1, -0.05) is 35.0 Å². The second kappa shape index (κ2) is 7.76. The van der Waals surface area contributed by atoms with E-state index >= 15 is 0 Å². The molecule has 1 amide bonds. The Morgan fingerprint density at radius 2 is 2.04 bits per heavy atom. The summed E-state index contributed by atoms with van der Waals surface area (Å²) in [6.07, 6.45) is 6.67. The molecule has 7 heteroatoms. The summed E-state index contributed by atoms with van der Waals surface area (Å²) in [5.74, 6) is -0.0141. The Labute approximate surface area is 158 Å². The first-order chi connectivity index (χ1) is 12.7. The highest BCUT2D eigenvalue weighted by atomic mass is 35.5. The molecule has 2 aliphatic rings. The highest BCUT2D eigenvalue weighted by molar-refractivity contribution is 6.31. The maximum atomic E-state index is 13.0. The van der Waals surface area contributed by atoms with Crippen LogP contribution in [0.1, 0.15) is 47.8 Å². The molecule has 0 radical (unpaired) electrons. The van der Waals surface area contributed by atoms with E-state index in [1.54, 1.807) is 0 Å². The van der Waals surface area contributed by atoms with Crippen molar-refractivity contribution in [3.05, 3.63) is 46.7 Å². The van der Waals surface area contributed by atoms with Crippen molar-refractivity contribution in [1.82, 2.24) is 25.2 Å². The number of halogens is 1. The number of amides is 1. The molecule has 2 saturated heterocycles. The van der Waals surface area contributed by atoms with Gasteiger partial charge in [-0.3, -0.25) is 4.79 Å². The molecule has 0 spiro atoms. The van der Waals surface area contributed by atoms with Crippen LogP contribution in [0.15, 0.2) is 30.5 Å². The Morgan fingerprint density at radius 3 is 2.85 bits per heavy atom. The van der Waals surface area contributed by atoms with E-state index in [-0.39, 0.29) is 11.9 Å². The molecular formula is C19H24ClN5O. The molecule has 1 aromatic carbocycles. The van der Waals surface area contributed by atoms with Gasteiger partial charge >= 0.3 is 0 Å². The average molecular weight is 374 g/mol. The Kier molecular flexibility index (Phi) is 5.22. The Balaban J connectivity index is 1.46. The SMILES string of the molecule is O=C(c1cn(C2CCNCC2)nn1)N1CCC[C@H]1Cc1ccccc1Cl. The Bertz CT molecular complexity index is 771. The van der Waals surface area contributed by atoms with Crippen LogP contribution < -0.4 is 5.32 Å². The van der Waals surface area contributed by atoms with Crippen molar-refractivity contribution in [2.75, 3.05) is 19.6 Å². The monoisotopic (exact) mass is 373 g/mol. The standard InChI is InChI=1S/C19H24ClN5O/c20-17-6-2-1-4-14(17)12-16-5-3-11-24(16)19(26)18-13-25(23-22-18)15-7-9-21-10-8-15/h1-2,4,6,13,15-16,21H,3,5,7-12H2/t16-/m0/s1. The fourth-order valence-corrected chi connectivity index (χ4v) is 4.22. The second-order valence-corrected chi connectivity index (χ2v) is 7.56. The summed E-state index contributed by atoms with van der Waals surface area (Å²) in [5, 5.41) is 12.5. The molecule has 6 nitrogen and oxygen atoms in total. The number of hydrogen-bond acceptors (Lipinski definition) is 4. The molecule has 1 N–H and O–H groups in total. The lowest BCUT2D eigenvalue weighted by atomic mass is 10.0. The number of piperidine rings is 1. The number of rotatable bonds is 4. The van der Waals surface area contributed by atoms with Crippen LogP contribution >= 0.6 is 11.6 Å². The molecule has 2 aromatic rings. The summed E-state index contributed by atoms with van der Waals surface area (Å²) >= 11 is 6.30. The lowest BCUT2D eigenvalue weighted by Gasteiger charge is -2.24. The lowest BCUT2D eigenvalue weighted by Crippen LogP contribution is -2.37. The summed E-state index contributed by atoms with van der Waals surface area (Å²) in [6, 6.07) is 8.38. The highest BCUT2D eigenvalue weighted by Gasteiger charge is 2.31. The van der Waals surface area contributed by atoms with Gasteiger partial charge in [0, 0.05) is 17.6 Å². The summed E-state index contributed by atoms with van der Waals surface area (Å²) < 4.78 is 1.87. The number of likely N-dealkylation sites (tertiary alicyclic amines) is 1. The number of aromatic nitrogens is 3. The fourth-order valence-electron chi connectivity index (χ4n) is 4.00. The summed E-state index contributed by atoms with van der Waals surface area (Å²) in [6.45, 7) is 2.74. The van der Waals surface area contributed by atoms with Gasteiger partial charge in [0.25, 0.3) is 5.91 Å². The Hall–Kier alpha value is -1.92. The predicted molar refractivity (Wildman–Crippen MR) is 100 cm³/mol. The van der Waals surface area contributed by atoms with E-state index in [0.29, 0.717) is 11.7 Å². The van der Waals surface area contributed by atoms with Crippen molar-refractivity contribution < 1.29 is 4.79 Å². The molecule has 2 fully saturated rings. The minimum Gasteiger partial charge on any atom is -0.334 e. The molecule has 2 aliphatic heterocycles. The Morgan fingerprint density at radius 1 is 1.23 bits per heavy atom. The van der Waals surface area contributed by atoms with Gasteiger partial charge in [0.1, 0.15) is 0 Å². The molecule has 4 rings (SSSR count). The third-order valence-electron chi connectivity index (χ3n) is 5.46. The van der Waals surface area contributed by atoms with E-state index in [4.69, 9.17) is 11.6 Å². The van der Waals surface area contributed by atoms with Crippen molar-refractivity contribution in [3.8, 4) is 0 Å². The maximum Gasteiger partial charge on any atom is 0.276 e. The highest BCUT2D eigenvalue weighted by Crippen LogP contribution is 2.26. The van der Waals surface area contributed by atoms with Crippen LogP contribution in [0.3, 0.4) is 0 Å². The van der Waals surface area contributed by atoms with Crippen LogP contribution in [0.4, 0.5) is 0 Å². The topological polar surface area (TPSA) is 63.1 Å². The van der Waals surface area contributed by atoms with Crippen molar-refractivity contribution in [1.29, 1.82) is 0 Å². The van der Waals surface area contributed by atoms with Gasteiger partial charge in [-0.2, -0.15) is 0 Å². The van der Waals surface area contributed by atoms with E-state index in [1.807, 2.05) is 40.0 Å². The average Bonchev–Trinajstić information content (AvgIpc) is 3.33. The van der Waals surface area contributed by atoms with Crippen LogP contribution in [0, 0.1) is 0 Å². The number of carbonyl (C=O) groups is 1. The number of hydrogen-bond donors (Lipinski definition) is 1. The van der Waals surface area contributed by atoms with Crippen molar-refractivity contribution in [2.24, 2.45) is 0 Å². The van der Waals surface area contributed by atoms with Crippen LogP contribution in [-0.2, 0) is 6.42 Å². The normalized spacial score (nSPS) is 21.3. The van der Waals surface area contributed by atoms with Gasteiger partial charge in [0.2, 0.25) is 0 Å². The van der Waals surface area contributed by atoms with E-state index in [9.17, 15) is 4.79 Å². The lowest BCUT2D eigenvalue weighted by molar-refractivity contribution is 0.0730. The molecule has 1 atom stereocenters. The molecule has 0 bridgehead atoms. The largest absolute Gasteiger partial charge is 0.334 e. The van der Waals surface area contributed by atoms with E-state index < -0.39 is 0 Å². The molecule has 138 valence electrons. The quantitative estimate of drug-likeness (QED) is 0.895. The van der Waals surface area contributed by atoms with Crippen molar-refractivity contribution in [2.45, 2.75) is 44.2 Å².